The molecule has 0 aliphatic heterocycles. The molecule has 0 unspecified atom stereocenters. The molecule has 0 heterocycles. The fourth-order valence-electron chi connectivity index (χ4n) is 2.31. The summed E-state index contributed by atoms with van der Waals surface area (Å²) in [6, 6.07) is 11.8. The lowest BCUT2D eigenvalue weighted by Crippen LogP contribution is -2.16. The van der Waals surface area contributed by atoms with Crippen molar-refractivity contribution in [1.29, 1.82) is 0 Å². The molecule has 3 rings (SSSR count). The van der Waals surface area contributed by atoms with E-state index in [1.165, 1.54) is 37.1 Å². The third kappa shape index (κ3) is 3.58. The molecule has 1 N–H and O–H groups in total. The van der Waals surface area contributed by atoms with Gasteiger partial charge in [0.25, 0.3) is 0 Å². The number of nitrogens with one attached hydrogen (secondary N) is 1. The minimum atomic E-state index is -0.300. The molecule has 2 aromatic carbocycles. The largest absolute Gasteiger partial charge is 0.344 e. The van der Waals surface area contributed by atoms with E-state index in [0.29, 0.717) is 24.0 Å². The Bertz CT molecular complexity index is 638. The maximum Gasteiger partial charge on any atom is 0.125 e. The summed E-state index contributed by atoms with van der Waals surface area (Å²) in [7, 11) is 1.81. The fourth-order valence-corrected chi connectivity index (χ4v) is 2.31. The van der Waals surface area contributed by atoms with Crippen molar-refractivity contribution in [1.82, 2.24) is 5.32 Å². The van der Waals surface area contributed by atoms with Crippen molar-refractivity contribution in [3.8, 4) is 0 Å². The van der Waals surface area contributed by atoms with Crippen LogP contribution in [0.25, 0.3) is 0 Å². The second-order valence-electron chi connectivity index (χ2n) is 5.51. The third-order valence-electron chi connectivity index (χ3n) is 3.70. The van der Waals surface area contributed by atoms with Crippen LogP contribution in [0, 0.1) is 11.6 Å². The van der Waals surface area contributed by atoms with Crippen molar-refractivity contribution in [3.63, 3.8) is 0 Å². The molecule has 2 nitrogen and oxygen atoms in total. The second-order valence-corrected chi connectivity index (χ2v) is 5.51. The number of benzene rings is 2. The van der Waals surface area contributed by atoms with E-state index in [9.17, 15) is 8.78 Å². The van der Waals surface area contributed by atoms with Gasteiger partial charge in [-0.05, 0) is 54.8 Å². The number of hydrogen-bond donors (Lipinski definition) is 1. The SMILES string of the molecule is CN(c1cccc(F)c1)c1cc(F)cc(CNC2CC2)c1. The molecule has 0 amide bonds. The van der Waals surface area contributed by atoms with Gasteiger partial charge in [-0.15, -0.1) is 0 Å². The Morgan fingerprint density at radius 2 is 1.81 bits per heavy atom. The van der Waals surface area contributed by atoms with E-state index in [1.807, 2.05) is 13.1 Å². The molecule has 1 aliphatic rings. The molecule has 110 valence electrons. The molecule has 21 heavy (non-hydrogen) atoms. The lowest BCUT2D eigenvalue weighted by Gasteiger charge is -2.20. The summed E-state index contributed by atoms with van der Waals surface area (Å²) in [6.07, 6.45) is 2.40. The zero-order chi connectivity index (χ0) is 14.8. The van der Waals surface area contributed by atoms with Crippen LogP contribution in [0.5, 0.6) is 0 Å². The highest BCUT2D eigenvalue weighted by atomic mass is 19.1. The van der Waals surface area contributed by atoms with Gasteiger partial charge < -0.3 is 10.2 Å². The van der Waals surface area contributed by atoms with Crippen LogP contribution in [-0.4, -0.2) is 13.1 Å². The maximum absolute atomic E-state index is 13.8. The number of nitrogens with zero attached hydrogens (tertiary/aromatic N) is 1. The van der Waals surface area contributed by atoms with Crippen molar-refractivity contribution in [2.24, 2.45) is 0 Å². The minimum absolute atomic E-state index is 0.275. The van der Waals surface area contributed by atoms with Gasteiger partial charge in [0.1, 0.15) is 11.6 Å². The monoisotopic (exact) mass is 288 g/mol. The first-order chi connectivity index (χ1) is 10.1. The average molecular weight is 288 g/mol. The van der Waals surface area contributed by atoms with E-state index in [-0.39, 0.29) is 11.6 Å². The quantitative estimate of drug-likeness (QED) is 0.895. The smallest absolute Gasteiger partial charge is 0.125 e. The van der Waals surface area contributed by atoms with Gasteiger partial charge in [0, 0.05) is 31.0 Å². The van der Waals surface area contributed by atoms with Crippen LogP contribution in [0.3, 0.4) is 0 Å². The van der Waals surface area contributed by atoms with Gasteiger partial charge in [-0.3, -0.25) is 0 Å². The van der Waals surface area contributed by atoms with Crippen LogP contribution in [0.4, 0.5) is 20.2 Å². The highest BCUT2D eigenvalue weighted by molar-refractivity contribution is 5.63. The number of anilines is 2. The predicted molar refractivity (Wildman–Crippen MR) is 80.7 cm³/mol. The first kappa shape index (κ1) is 14.0. The van der Waals surface area contributed by atoms with Crippen LogP contribution >= 0.6 is 0 Å². The molecule has 0 aromatic heterocycles. The Hall–Kier alpha value is -1.94. The summed E-state index contributed by atoms with van der Waals surface area (Å²) in [6.45, 7) is 0.659. The van der Waals surface area contributed by atoms with Gasteiger partial charge in [-0.1, -0.05) is 6.07 Å². The minimum Gasteiger partial charge on any atom is -0.344 e. The van der Waals surface area contributed by atoms with Crippen molar-refractivity contribution in [2.45, 2.75) is 25.4 Å². The van der Waals surface area contributed by atoms with E-state index < -0.39 is 0 Å². The summed E-state index contributed by atoms with van der Waals surface area (Å²) in [5.74, 6) is -0.574. The normalized spacial score (nSPS) is 14.2. The number of hydrogen-bond acceptors (Lipinski definition) is 2. The van der Waals surface area contributed by atoms with Gasteiger partial charge in [-0.2, -0.15) is 0 Å². The molecule has 1 saturated carbocycles. The van der Waals surface area contributed by atoms with Gasteiger partial charge >= 0.3 is 0 Å². The van der Waals surface area contributed by atoms with E-state index in [1.54, 1.807) is 17.0 Å². The van der Waals surface area contributed by atoms with E-state index >= 15 is 0 Å². The third-order valence-corrected chi connectivity index (χ3v) is 3.70. The fraction of sp³-hybridized carbons (Fsp3) is 0.294. The maximum atomic E-state index is 13.8. The van der Waals surface area contributed by atoms with Crippen molar-refractivity contribution in [3.05, 3.63) is 59.7 Å². The highest BCUT2D eigenvalue weighted by Gasteiger charge is 2.20. The Morgan fingerprint density at radius 3 is 2.52 bits per heavy atom. The Kier molecular flexibility index (Phi) is 3.88. The van der Waals surface area contributed by atoms with Crippen LogP contribution in [-0.2, 0) is 6.54 Å². The second kappa shape index (κ2) is 5.82. The standard InChI is InChI=1S/C17H18F2N2/c1-21(16-4-2-3-13(18)9-16)17-8-12(7-14(19)10-17)11-20-15-5-6-15/h2-4,7-10,15,20H,5-6,11H2,1H3. The molecular weight excluding hydrogens is 270 g/mol. The molecule has 2 aromatic rings. The molecular formula is C17H18F2N2. The van der Waals surface area contributed by atoms with Crippen LogP contribution in [0.15, 0.2) is 42.5 Å². The summed E-state index contributed by atoms with van der Waals surface area (Å²) in [5.41, 5.74) is 2.31. The van der Waals surface area contributed by atoms with Gasteiger partial charge in [0.15, 0.2) is 0 Å². The van der Waals surface area contributed by atoms with Gasteiger partial charge in [0.05, 0.1) is 0 Å². The molecule has 1 aliphatic carbocycles. The Labute approximate surface area is 123 Å². The van der Waals surface area contributed by atoms with Crippen LogP contribution in [0.1, 0.15) is 18.4 Å². The molecule has 1 fully saturated rings. The van der Waals surface area contributed by atoms with E-state index in [2.05, 4.69) is 5.32 Å². The zero-order valence-electron chi connectivity index (χ0n) is 11.9. The predicted octanol–water partition coefficient (Wildman–Crippen LogP) is 3.98. The molecule has 4 heteroatoms. The van der Waals surface area contributed by atoms with E-state index in [0.717, 1.165) is 5.56 Å². The number of rotatable bonds is 5. The lowest BCUT2D eigenvalue weighted by molar-refractivity contribution is 0.619. The van der Waals surface area contributed by atoms with E-state index in [4.69, 9.17) is 0 Å². The topological polar surface area (TPSA) is 15.3 Å². The number of halogens is 2. The molecule has 0 bridgehead atoms. The Morgan fingerprint density at radius 1 is 1.05 bits per heavy atom. The van der Waals surface area contributed by atoms with Gasteiger partial charge in [0.2, 0.25) is 0 Å². The molecule has 0 radical (unpaired) electrons. The summed E-state index contributed by atoms with van der Waals surface area (Å²) < 4.78 is 27.1. The Balaban J connectivity index is 1.82. The van der Waals surface area contributed by atoms with Gasteiger partial charge in [-0.25, -0.2) is 8.78 Å². The van der Waals surface area contributed by atoms with Crippen LogP contribution in [0.2, 0.25) is 0 Å². The highest BCUT2D eigenvalue weighted by Crippen LogP contribution is 2.26. The molecule has 0 atom stereocenters. The first-order valence-corrected chi connectivity index (χ1v) is 7.14. The van der Waals surface area contributed by atoms with Crippen LogP contribution < -0.4 is 10.2 Å². The summed E-state index contributed by atoms with van der Waals surface area (Å²) in [4.78, 5) is 1.78. The average Bonchev–Trinajstić information content (AvgIpc) is 3.28. The van der Waals surface area contributed by atoms with Crippen molar-refractivity contribution >= 4 is 11.4 Å². The van der Waals surface area contributed by atoms with Crippen molar-refractivity contribution in [2.75, 3.05) is 11.9 Å². The van der Waals surface area contributed by atoms with Crippen molar-refractivity contribution < 1.29 is 8.78 Å². The first-order valence-electron chi connectivity index (χ1n) is 7.14. The zero-order valence-corrected chi connectivity index (χ0v) is 11.9. The summed E-state index contributed by atoms with van der Waals surface area (Å²) >= 11 is 0. The molecule has 0 saturated heterocycles. The lowest BCUT2D eigenvalue weighted by atomic mass is 10.1. The summed E-state index contributed by atoms with van der Waals surface area (Å²) in [5, 5.41) is 3.37. The molecule has 0 spiro atoms.